The molecule has 31 heavy (non-hydrogen) atoms. The maximum absolute atomic E-state index is 12.8. The van der Waals surface area contributed by atoms with E-state index in [4.69, 9.17) is 15.2 Å². The number of hydrogen-bond acceptors (Lipinski definition) is 6. The largest absolute Gasteiger partial charge is 0.466 e. The van der Waals surface area contributed by atoms with Gasteiger partial charge < -0.3 is 25.0 Å². The van der Waals surface area contributed by atoms with E-state index < -0.39 is 12.0 Å². The molecule has 2 heterocycles. The Morgan fingerprint density at radius 1 is 1.16 bits per heavy atom. The number of amides is 3. The van der Waals surface area contributed by atoms with Crippen LogP contribution in [0, 0.1) is 0 Å². The second kappa shape index (κ2) is 10.0. The molecule has 2 aromatic rings. The van der Waals surface area contributed by atoms with Gasteiger partial charge >= 0.3 is 0 Å². The van der Waals surface area contributed by atoms with Crippen LogP contribution in [0.3, 0.4) is 0 Å². The van der Waals surface area contributed by atoms with Crippen LogP contribution in [0.25, 0.3) is 0 Å². The second-order valence-corrected chi connectivity index (χ2v) is 7.31. The van der Waals surface area contributed by atoms with E-state index in [9.17, 15) is 14.4 Å². The van der Waals surface area contributed by atoms with Gasteiger partial charge in [0.15, 0.2) is 6.79 Å². The van der Waals surface area contributed by atoms with Gasteiger partial charge in [-0.2, -0.15) is 0 Å². The van der Waals surface area contributed by atoms with Gasteiger partial charge in [-0.25, -0.2) is 4.98 Å². The summed E-state index contributed by atoms with van der Waals surface area (Å²) >= 11 is 0. The lowest BCUT2D eigenvalue weighted by Gasteiger charge is -2.40. The SMILES string of the molecule is C[C@H](OCOc1ccc(C(N)=O)nc1)C(=O)N1CCN(C(=O)c2ccccc2)C[C@H]1C. The van der Waals surface area contributed by atoms with Crippen molar-refractivity contribution in [3.8, 4) is 5.75 Å². The number of rotatable bonds is 7. The Bertz CT molecular complexity index is 919. The van der Waals surface area contributed by atoms with Crippen LogP contribution in [0.5, 0.6) is 5.75 Å². The molecule has 1 aliphatic rings. The molecule has 0 spiro atoms. The summed E-state index contributed by atoms with van der Waals surface area (Å²) in [6, 6.07) is 12.0. The number of piperazine rings is 1. The van der Waals surface area contributed by atoms with E-state index in [2.05, 4.69) is 4.98 Å². The molecule has 2 atom stereocenters. The molecule has 1 saturated heterocycles. The average molecular weight is 426 g/mol. The van der Waals surface area contributed by atoms with Crippen molar-refractivity contribution in [1.29, 1.82) is 0 Å². The first-order chi connectivity index (χ1) is 14.9. The summed E-state index contributed by atoms with van der Waals surface area (Å²) in [4.78, 5) is 43.8. The topological polar surface area (TPSA) is 115 Å². The summed E-state index contributed by atoms with van der Waals surface area (Å²) < 4.78 is 10.9. The zero-order valence-corrected chi connectivity index (χ0v) is 17.6. The summed E-state index contributed by atoms with van der Waals surface area (Å²) in [5.74, 6) is -0.425. The first-order valence-corrected chi connectivity index (χ1v) is 10.0. The number of hydrogen-bond donors (Lipinski definition) is 1. The fourth-order valence-corrected chi connectivity index (χ4v) is 3.35. The van der Waals surface area contributed by atoms with Gasteiger partial charge in [-0.05, 0) is 38.1 Å². The Morgan fingerprint density at radius 3 is 2.52 bits per heavy atom. The highest BCUT2D eigenvalue weighted by Gasteiger charge is 2.32. The highest BCUT2D eigenvalue weighted by atomic mass is 16.7. The van der Waals surface area contributed by atoms with Crippen molar-refractivity contribution in [3.63, 3.8) is 0 Å². The summed E-state index contributed by atoms with van der Waals surface area (Å²) in [7, 11) is 0. The predicted octanol–water partition coefficient (Wildman–Crippen LogP) is 1.30. The zero-order chi connectivity index (χ0) is 22.4. The Labute approximate surface area is 180 Å². The van der Waals surface area contributed by atoms with Gasteiger partial charge in [0.1, 0.15) is 17.5 Å². The van der Waals surface area contributed by atoms with E-state index in [1.54, 1.807) is 34.9 Å². The summed E-state index contributed by atoms with van der Waals surface area (Å²) in [6.07, 6.45) is 0.651. The molecule has 1 fully saturated rings. The van der Waals surface area contributed by atoms with Crippen LogP contribution in [-0.4, -0.2) is 71.1 Å². The number of carbonyl (C=O) groups excluding carboxylic acids is 3. The van der Waals surface area contributed by atoms with Crippen molar-refractivity contribution in [2.24, 2.45) is 5.73 Å². The molecule has 1 aliphatic heterocycles. The Hall–Kier alpha value is -3.46. The Balaban J connectivity index is 1.47. The minimum atomic E-state index is -0.711. The van der Waals surface area contributed by atoms with Crippen molar-refractivity contribution < 1.29 is 23.9 Å². The molecular formula is C22H26N4O5. The highest BCUT2D eigenvalue weighted by molar-refractivity contribution is 5.94. The zero-order valence-electron chi connectivity index (χ0n) is 17.6. The molecular weight excluding hydrogens is 400 g/mol. The summed E-state index contributed by atoms with van der Waals surface area (Å²) in [5, 5.41) is 0. The van der Waals surface area contributed by atoms with Gasteiger partial charge in [0.25, 0.3) is 17.7 Å². The maximum Gasteiger partial charge on any atom is 0.267 e. The summed E-state index contributed by atoms with van der Waals surface area (Å²) in [6.45, 7) is 4.79. The first-order valence-electron chi connectivity index (χ1n) is 10.0. The van der Waals surface area contributed by atoms with E-state index in [0.717, 1.165) is 0 Å². The maximum atomic E-state index is 12.8. The van der Waals surface area contributed by atoms with Crippen LogP contribution in [-0.2, 0) is 9.53 Å². The lowest BCUT2D eigenvalue weighted by atomic mass is 10.1. The third-order valence-electron chi connectivity index (χ3n) is 5.10. The fourth-order valence-electron chi connectivity index (χ4n) is 3.35. The number of nitrogens with zero attached hydrogens (tertiary/aromatic N) is 3. The van der Waals surface area contributed by atoms with Gasteiger partial charge in [-0.15, -0.1) is 0 Å². The molecule has 2 N–H and O–H groups in total. The minimum absolute atomic E-state index is 0.0341. The van der Waals surface area contributed by atoms with Gasteiger partial charge in [0.2, 0.25) is 0 Å². The average Bonchev–Trinajstić information content (AvgIpc) is 2.79. The highest BCUT2D eigenvalue weighted by Crippen LogP contribution is 2.16. The number of primary amides is 1. The van der Waals surface area contributed by atoms with Gasteiger partial charge in [-0.1, -0.05) is 18.2 Å². The smallest absolute Gasteiger partial charge is 0.267 e. The molecule has 0 unspecified atom stereocenters. The van der Waals surface area contributed by atoms with E-state index in [-0.39, 0.29) is 30.3 Å². The molecule has 164 valence electrons. The van der Waals surface area contributed by atoms with Crippen molar-refractivity contribution in [2.75, 3.05) is 26.4 Å². The van der Waals surface area contributed by atoms with Crippen molar-refractivity contribution in [1.82, 2.24) is 14.8 Å². The van der Waals surface area contributed by atoms with Gasteiger partial charge in [0, 0.05) is 31.2 Å². The number of nitrogens with two attached hydrogens (primary N) is 1. The van der Waals surface area contributed by atoms with Crippen LogP contribution in [0.15, 0.2) is 48.7 Å². The Morgan fingerprint density at radius 2 is 1.90 bits per heavy atom. The van der Waals surface area contributed by atoms with Crippen LogP contribution in [0.2, 0.25) is 0 Å². The van der Waals surface area contributed by atoms with E-state index in [1.807, 2.05) is 25.1 Å². The molecule has 3 amide bonds. The molecule has 0 aliphatic carbocycles. The lowest BCUT2D eigenvalue weighted by molar-refractivity contribution is -0.151. The number of ether oxygens (including phenoxy) is 2. The molecule has 1 aromatic carbocycles. The number of carbonyl (C=O) groups is 3. The van der Waals surface area contributed by atoms with Crippen molar-refractivity contribution in [3.05, 3.63) is 59.9 Å². The Kier molecular flexibility index (Phi) is 7.19. The summed E-state index contributed by atoms with van der Waals surface area (Å²) in [5.41, 5.74) is 5.92. The van der Waals surface area contributed by atoms with Gasteiger partial charge in [-0.3, -0.25) is 14.4 Å². The second-order valence-electron chi connectivity index (χ2n) is 7.31. The predicted molar refractivity (Wildman–Crippen MR) is 112 cm³/mol. The number of aromatic nitrogens is 1. The fraction of sp³-hybridized carbons (Fsp3) is 0.364. The lowest BCUT2D eigenvalue weighted by Crippen LogP contribution is -2.57. The number of benzene rings is 1. The molecule has 9 heteroatoms. The van der Waals surface area contributed by atoms with Crippen LogP contribution >= 0.6 is 0 Å². The van der Waals surface area contributed by atoms with Crippen LogP contribution in [0.4, 0.5) is 0 Å². The standard InChI is InChI=1S/C22H26N4O5/c1-15-13-25(22(29)17-6-4-3-5-7-17)10-11-26(15)21(28)16(2)30-14-31-18-8-9-19(20(23)27)24-12-18/h3-9,12,15-16H,10-11,13-14H2,1-2H3,(H2,23,27)/t15-,16+/m1/s1. The third kappa shape index (κ3) is 5.58. The normalized spacial score (nSPS) is 17.2. The van der Waals surface area contributed by atoms with Crippen LogP contribution < -0.4 is 10.5 Å². The van der Waals surface area contributed by atoms with Crippen molar-refractivity contribution >= 4 is 17.7 Å². The quantitative estimate of drug-likeness (QED) is 0.667. The molecule has 9 nitrogen and oxygen atoms in total. The van der Waals surface area contributed by atoms with E-state index in [0.29, 0.717) is 30.9 Å². The molecule has 1 aromatic heterocycles. The van der Waals surface area contributed by atoms with Crippen molar-refractivity contribution in [2.45, 2.75) is 26.0 Å². The van der Waals surface area contributed by atoms with E-state index >= 15 is 0 Å². The third-order valence-corrected chi connectivity index (χ3v) is 5.10. The molecule has 0 saturated carbocycles. The molecule has 0 bridgehead atoms. The number of pyridine rings is 1. The molecule has 0 radical (unpaired) electrons. The molecule has 3 rings (SSSR count). The minimum Gasteiger partial charge on any atom is -0.466 e. The monoisotopic (exact) mass is 426 g/mol. The van der Waals surface area contributed by atoms with Crippen LogP contribution in [0.1, 0.15) is 34.7 Å². The van der Waals surface area contributed by atoms with Gasteiger partial charge in [0.05, 0.1) is 6.20 Å². The van der Waals surface area contributed by atoms with E-state index in [1.165, 1.54) is 12.3 Å². The first kappa shape index (κ1) is 22.2.